The predicted octanol–water partition coefficient (Wildman–Crippen LogP) is 3.39. The molecule has 0 saturated heterocycles. The van der Waals surface area contributed by atoms with Gasteiger partial charge in [-0.15, -0.1) is 11.6 Å². The first kappa shape index (κ1) is 12.5. The van der Waals surface area contributed by atoms with Crippen molar-refractivity contribution in [2.45, 2.75) is 24.4 Å². The largest absolute Gasteiger partial charge is 0.508 e. The van der Waals surface area contributed by atoms with Gasteiger partial charge in [0, 0.05) is 12.6 Å². The molecule has 2 atom stereocenters. The van der Waals surface area contributed by atoms with E-state index in [2.05, 4.69) is 29.6 Å². The van der Waals surface area contributed by atoms with Crippen molar-refractivity contribution in [1.82, 2.24) is 5.32 Å². The highest BCUT2D eigenvalue weighted by atomic mass is 35.5. The first-order valence-corrected chi connectivity index (χ1v) is 6.91. The van der Waals surface area contributed by atoms with Crippen molar-refractivity contribution in [3.63, 3.8) is 0 Å². The van der Waals surface area contributed by atoms with Gasteiger partial charge in [-0.2, -0.15) is 0 Å². The van der Waals surface area contributed by atoms with Gasteiger partial charge in [0.05, 0.1) is 5.38 Å². The van der Waals surface area contributed by atoms with Crippen LogP contribution in [0.5, 0.6) is 5.75 Å². The fraction of sp³-hybridized carbons (Fsp3) is 0.250. The Morgan fingerprint density at radius 2 is 2.00 bits per heavy atom. The van der Waals surface area contributed by atoms with E-state index in [1.165, 1.54) is 11.1 Å². The quantitative estimate of drug-likeness (QED) is 0.841. The van der Waals surface area contributed by atoms with Crippen molar-refractivity contribution in [2.24, 2.45) is 0 Å². The summed E-state index contributed by atoms with van der Waals surface area (Å²) in [6.07, 6.45) is 0.912. The molecular weight excluding hydrogens is 258 g/mol. The highest BCUT2D eigenvalue weighted by Gasteiger charge is 2.30. The van der Waals surface area contributed by atoms with E-state index in [-0.39, 0.29) is 11.4 Å². The first-order valence-electron chi connectivity index (χ1n) is 6.47. The molecule has 2 nitrogen and oxygen atoms in total. The molecule has 0 heterocycles. The molecule has 0 aromatic heterocycles. The van der Waals surface area contributed by atoms with Gasteiger partial charge in [-0.05, 0) is 35.2 Å². The monoisotopic (exact) mass is 273 g/mol. The zero-order valence-electron chi connectivity index (χ0n) is 10.5. The van der Waals surface area contributed by atoms with Crippen molar-refractivity contribution in [3.05, 3.63) is 65.2 Å². The summed E-state index contributed by atoms with van der Waals surface area (Å²) in [4.78, 5) is 0. The number of benzene rings is 2. The number of hydrogen-bond donors (Lipinski definition) is 2. The molecule has 0 saturated carbocycles. The fourth-order valence-electron chi connectivity index (χ4n) is 2.68. The molecule has 2 N–H and O–H groups in total. The third-order valence-corrected chi connectivity index (χ3v) is 4.01. The van der Waals surface area contributed by atoms with Crippen LogP contribution >= 0.6 is 11.6 Å². The number of halogens is 1. The van der Waals surface area contributed by atoms with Gasteiger partial charge >= 0.3 is 0 Å². The highest BCUT2D eigenvalue weighted by molar-refractivity contribution is 6.21. The average molecular weight is 274 g/mol. The third kappa shape index (κ3) is 2.60. The Hall–Kier alpha value is -1.51. The minimum absolute atomic E-state index is 0.0923. The maximum Gasteiger partial charge on any atom is 0.115 e. The van der Waals surface area contributed by atoms with Crippen LogP contribution in [0.25, 0.3) is 0 Å². The second kappa shape index (κ2) is 5.24. The molecule has 0 spiro atoms. The molecule has 19 heavy (non-hydrogen) atoms. The lowest BCUT2D eigenvalue weighted by atomic mass is 10.1. The van der Waals surface area contributed by atoms with Crippen molar-refractivity contribution in [1.29, 1.82) is 0 Å². The molecule has 2 unspecified atom stereocenters. The Labute approximate surface area is 118 Å². The third-order valence-electron chi connectivity index (χ3n) is 3.60. The molecule has 0 bridgehead atoms. The number of rotatable bonds is 3. The van der Waals surface area contributed by atoms with E-state index >= 15 is 0 Å². The van der Waals surface area contributed by atoms with Gasteiger partial charge < -0.3 is 10.4 Å². The molecule has 98 valence electrons. The fourth-order valence-corrected chi connectivity index (χ4v) is 3.07. The highest BCUT2D eigenvalue weighted by Crippen LogP contribution is 2.34. The van der Waals surface area contributed by atoms with Crippen LogP contribution in [0, 0.1) is 0 Å². The normalized spacial score (nSPS) is 21.3. The molecule has 0 aliphatic heterocycles. The number of nitrogens with one attached hydrogen (secondary N) is 1. The summed E-state index contributed by atoms with van der Waals surface area (Å²) in [5.41, 5.74) is 3.69. The summed E-state index contributed by atoms with van der Waals surface area (Å²) >= 11 is 6.43. The summed E-state index contributed by atoms with van der Waals surface area (Å²) < 4.78 is 0. The second-order valence-electron chi connectivity index (χ2n) is 4.95. The van der Waals surface area contributed by atoms with Crippen molar-refractivity contribution in [2.75, 3.05) is 0 Å². The van der Waals surface area contributed by atoms with Gasteiger partial charge in [0.25, 0.3) is 0 Å². The van der Waals surface area contributed by atoms with Crippen LogP contribution < -0.4 is 5.32 Å². The minimum Gasteiger partial charge on any atom is -0.508 e. The van der Waals surface area contributed by atoms with E-state index in [9.17, 15) is 5.11 Å². The van der Waals surface area contributed by atoms with Gasteiger partial charge in [0.15, 0.2) is 0 Å². The maximum atomic E-state index is 9.46. The molecule has 2 aromatic carbocycles. The minimum atomic E-state index is 0.0923. The number of phenols is 1. The topological polar surface area (TPSA) is 32.3 Å². The lowest BCUT2D eigenvalue weighted by Crippen LogP contribution is -2.25. The van der Waals surface area contributed by atoms with E-state index in [0.717, 1.165) is 12.0 Å². The lowest BCUT2D eigenvalue weighted by Gasteiger charge is -2.17. The molecule has 0 radical (unpaired) electrons. The van der Waals surface area contributed by atoms with Crippen LogP contribution in [-0.4, -0.2) is 10.5 Å². The van der Waals surface area contributed by atoms with E-state index in [0.29, 0.717) is 12.3 Å². The predicted molar refractivity (Wildman–Crippen MR) is 77.5 cm³/mol. The maximum absolute atomic E-state index is 9.46. The zero-order chi connectivity index (χ0) is 13.2. The van der Waals surface area contributed by atoms with Crippen LogP contribution in [0.15, 0.2) is 48.5 Å². The number of fused-ring (bicyclic) bond motifs is 1. The van der Waals surface area contributed by atoms with Crippen molar-refractivity contribution in [3.8, 4) is 5.75 Å². The van der Waals surface area contributed by atoms with Gasteiger partial charge in [0.1, 0.15) is 5.75 Å². The van der Waals surface area contributed by atoms with Crippen LogP contribution in [0.4, 0.5) is 0 Å². The van der Waals surface area contributed by atoms with Crippen LogP contribution in [0.2, 0.25) is 0 Å². The Morgan fingerprint density at radius 3 is 2.84 bits per heavy atom. The molecule has 0 fully saturated rings. The molecule has 0 amide bonds. The Balaban J connectivity index is 1.74. The summed E-state index contributed by atoms with van der Waals surface area (Å²) in [5, 5.41) is 13.0. The SMILES string of the molecule is Oc1cccc(CNC2c3ccccc3CC2Cl)c1. The summed E-state index contributed by atoms with van der Waals surface area (Å²) in [7, 11) is 0. The second-order valence-corrected chi connectivity index (χ2v) is 5.51. The van der Waals surface area contributed by atoms with E-state index in [4.69, 9.17) is 11.6 Å². The summed E-state index contributed by atoms with van der Waals surface area (Å²) in [6, 6.07) is 15.9. The summed E-state index contributed by atoms with van der Waals surface area (Å²) in [5.74, 6) is 0.300. The number of aromatic hydroxyl groups is 1. The molecule has 3 rings (SSSR count). The molecule has 1 aliphatic rings. The van der Waals surface area contributed by atoms with Crippen LogP contribution in [0.1, 0.15) is 22.7 Å². The Kier molecular flexibility index (Phi) is 3.45. The van der Waals surface area contributed by atoms with Crippen molar-refractivity contribution < 1.29 is 5.11 Å². The Bertz CT molecular complexity index is 584. The summed E-state index contributed by atoms with van der Waals surface area (Å²) in [6.45, 7) is 0.705. The van der Waals surface area contributed by atoms with E-state index < -0.39 is 0 Å². The smallest absolute Gasteiger partial charge is 0.115 e. The standard InChI is InChI=1S/C16H16ClNO/c17-15-9-12-5-1-2-7-14(12)16(15)18-10-11-4-3-6-13(19)8-11/h1-8,15-16,18-19H,9-10H2. The Morgan fingerprint density at radius 1 is 1.16 bits per heavy atom. The van der Waals surface area contributed by atoms with Crippen LogP contribution in [-0.2, 0) is 13.0 Å². The van der Waals surface area contributed by atoms with Crippen LogP contribution in [0.3, 0.4) is 0 Å². The van der Waals surface area contributed by atoms with Gasteiger partial charge in [0.2, 0.25) is 0 Å². The molecular formula is C16H16ClNO. The number of phenolic OH excluding ortho intramolecular Hbond substituents is 1. The molecule has 2 aromatic rings. The van der Waals surface area contributed by atoms with Crippen molar-refractivity contribution >= 4 is 11.6 Å². The molecule has 1 aliphatic carbocycles. The number of hydrogen-bond acceptors (Lipinski definition) is 2. The molecule has 3 heteroatoms. The van der Waals surface area contributed by atoms with Gasteiger partial charge in [-0.25, -0.2) is 0 Å². The van der Waals surface area contributed by atoms with E-state index in [1.807, 2.05) is 12.1 Å². The average Bonchev–Trinajstić information content (AvgIpc) is 2.72. The zero-order valence-corrected chi connectivity index (χ0v) is 11.3. The van der Waals surface area contributed by atoms with Gasteiger partial charge in [-0.3, -0.25) is 0 Å². The van der Waals surface area contributed by atoms with Gasteiger partial charge in [-0.1, -0.05) is 36.4 Å². The number of alkyl halides is 1. The van der Waals surface area contributed by atoms with E-state index in [1.54, 1.807) is 12.1 Å². The lowest BCUT2D eigenvalue weighted by molar-refractivity contribution is 0.473. The first-order chi connectivity index (χ1) is 9.24.